The Hall–Kier alpha value is -6.39. The van der Waals surface area contributed by atoms with Crippen molar-refractivity contribution >= 4 is 32.7 Å². The predicted molar refractivity (Wildman–Crippen MR) is 192 cm³/mol. The molecule has 9 rings (SSSR count). The third kappa shape index (κ3) is 4.93. The molecule has 47 heavy (non-hydrogen) atoms. The molecule has 2 aromatic heterocycles. The first kappa shape index (κ1) is 27.0. The quantitative estimate of drug-likeness (QED) is 0.197. The highest BCUT2D eigenvalue weighted by molar-refractivity contribution is 6.11. The van der Waals surface area contributed by atoms with Crippen LogP contribution in [-0.2, 0) is 0 Å². The second-order valence-electron chi connectivity index (χ2n) is 11.7. The SMILES string of the molecule is c1ccc(-c2cccc(-c3ccc4ccc(-c5nc(-c6ccccc6)nc(-c6cccc7oc8ccccc8c67)n5)cc4c3)c2)cc1. The highest BCUT2D eigenvalue weighted by Crippen LogP contribution is 2.37. The highest BCUT2D eigenvalue weighted by atomic mass is 16.3. The molecule has 0 radical (unpaired) electrons. The van der Waals surface area contributed by atoms with Crippen LogP contribution >= 0.6 is 0 Å². The summed E-state index contributed by atoms with van der Waals surface area (Å²) < 4.78 is 6.20. The van der Waals surface area contributed by atoms with Gasteiger partial charge in [-0.25, -0.2) is 15.0 Å². The van der Waals surface area contributed by atoms with Crippen molar-refractivity contribution in [2.24, 2.45) is 0 Å². The smallest absolute Gasteiger partial charge is 0.164 e. The summed E-state index contributed by atoms with van der Waals surface area (Å²) in [5, 5.41) is 4.32. The summed E-state index contributed by atoms with van der Waals surface area (Å²) in [5.74, 6) is 1.86. The van der Waals surface area contributed by atoms with Crippen LogP contribution in [0, 0.1) is 0 Å². The van der Waals surface area contributed by atoms with Crippen LogP contribution in [0.2, 0.25) is 0 Å². The van der Waals surface area contributed by atoms with Crippen molar-refractivity contribution in [2.45, 2.75) is 0 Å². The first-order valence-electron chi connectivity index (χ1n) is 15.7. The van der Waals surface area contributed by atoms with E-state index in [0.29, 0.717) is 17.5 Å². The minimum atomic E-state index is 0.609. The molecule has 0 spiro atoms. The van der Waals surface area contributed by atoms with Gasteiger partial charge < -0.3 is 4.42 Å². The lowest BCUT2D eigenvalue weighted by Gasteiger charge is -2.11. The lowest BCUT2D eigenvalue weighted by Crippen LogP contribution is -2.00. The normalized spacial score (nSPS) is 11.4. The molecular weight excluding hydrogens is 574 g/mol. The summed E-state index contributed by atoms with van der Waals surface area (Å²) >= 11 is 0. The number of furan rings is 1. The van der Waals surface area contributed by atoms with Crippen molar-refractivity contribution in [1.29, 1.82) is 0 Å². The van der Waals surface area contributed by atoms with E-state index < -0.39 is 0 Å². The van der Waals surface area contributed by atoms with Gasteiger partial charge in [-0.3, -0.25) is 0 Å². The van der Waals surface area contributed by atoms with Crippen LogP contribution in [-0.4, -0.2) is 15.0 Å². The second-order valence-corrected chi connectivity index (χ2v) is 11.7. The van der Waals surface area contributed by atoms with Gasteiger partial charge in [-0.1, -0.05) is 133 Å². The average molecular weight is 602 g/mol. The summed E-state index contributed by atoms with van der Waals surface area (Å²) in [5.41, 5.74) is 9.16. The number of para-hydroxylation sites is 1. The molecule has 0 bridgehead atoms. The average Bonchev–Trinajstić information content (AvgIpc) is 3.54. The molecule has 7 aromatic carbocycles. The molecule has 0 aliphatic rings. The lowest BCUT2D eigenvalue weighted by atomic mass is 9.96. The summed E-state index contributed by atoms with van der Waals surface area (Å²) in [6.45, 7) is 0. The van der Waals surface area contributed by atoms with Crippen molar-refractivity contribution in [3.05, 3.63) is 164 Å². The Balaban J connectivity index is 1.19. The molecule has 0 fully saturated rings. The van der Waals surface area contributed by atoms with Gasteiger partial charge in [-0.15, -0.1) is 0 Å². The maximum absolute atomic E-state index is 6.20. The minimum absolute atomic E-state index is 0.609. The number of nitrogens with zero attached hydrogens (tertiary/aromatic N) is 3. The number of hydrogen-bond acceptors (Lipinski definition) is 4. The van der Waals surface area contributed by atoms with Crippen molar-refractivity contribution < 1.29 is 4.42 Å². The molecule has 0 saturated carbocycles. The molecule has 9 aromatic rings. The van der Waals surface area contributed by atoms with Gasteiger partial charge in [0.05, 0.1) is 0 Å². The molecule has 0 unspecified atom stereocenters. The van der Waals surface area contributed by atoms with Crippen molar-refractivity contribution in [3.63, 3.8) is 0 Å². The molecular formula is C43H27N3O. The van der Waals surface area contributed by atoms with Gasteiger partial charge in [0.1, 0.15) is 11.2 Å². The summed E-state index contributed by atoms with van der Waals surface area (Å²) in [6.07, 6.45) is 0. The van der Waals surface area contributed by atoms with Crippen LogP contribution in [0.25, 0.3) is 89.1 Å². The van der Waals surface area contributed by atoms with E-state index in [9.17, 15) is 0 Å². The lowest BCUT2D eigenvalue weighted by molar-refractivity contribution is 0.669. The van der Waals surface area contributed by atoms with Gasteiger partial charge in [0.25, 0.3) is 0 Å². The summed E-state index contributed by atoms with van der Waals surface area (Å²) in [7, 11) is 0. The fourth-order valence-electron chi connectivity index (χ4n) is 6.38. The number of aromatic nitrogens is 3. The predicted octanol–water partition coefficient (Wildman–Crippen LogP) is 11.3. The van der Waals surface area contributed by atoms with Crippen LogP contribution in [0.4, 0.5) is 0 Å². The van der Waals surface area contributed by atoms with E-state index in [-0.39, 0.29) is 0 Å². The fourth-order valence-corrected chi connectivity index (χ4v) is 6.38. The largest absolute Gasteiger partial charge is 0.456 e. The zero-order chi connectivity index (χ0) is 31.2. The van der Waals surface area contributed by atoms with Gasteiger partial charge >= 0.3 is 0 Å². The van der Waals surface area contributed by atoms with Gasteiger partial charge in [0.15, 0.2) is 17.5 Å². The maximum Gasteiger partial charge on any atom is 0.164 e. The molecule has 0 atom stereocenters. The Kier molecular flexibility index (Phi) is 6.43. The Labute approximate surface area is 271 Å². The zero-order valence-corrected chi connectivity index (χ0v) is 25.3. The first-order chi connectivity index (χ1) is 23.3. The minimum Gasteiger partial charge on any atom is -0.456 e. The van der Waals surface area contributed by atoms with E-state index in [1.54, 1.807) is 0 Å². The number of hydrogen-bond donors (Lipinski definition) is 0. The van der Waals surface area contributed by atoms with Crippen LogP contribution < -0.4 is 0 Å². The highest BCUT2D eigenvalue weighted by Gasteiger charge is 2.18. The molecule has 0 aliphatic carbocycles. The van der Waals surface area contributed by atoms with Crippen molar-refractivity contribution in [2.75, 3.05) is 0 Å². The fraction of sp³-hybridized carbons (Fsp3) is 0. The summed E-state index contributed by atoms with van der Waals surface area (Å²) in [4.78, 5) is 15.1. The molecule has 2 heterocycles. The van der Waals surface area contributed by atoms with Gasteiger partial charge in [0.2, 0.25) is 0 Å². The Morgan fingerprint density at radius 1 is 0.340 bits per heavy atom. The van der Waals surface area contributed by atoms with E-state index in [1.807, 2.05) is 66.7 Å². The molecule has 0 N–H and O–H groups in total. The van der Waals surface area contributed by atoms with Gasteiger partial charge in [-0.2, -0.15) is 0 Å². The first-order valence-corrected chi connectivity index (χ1v) is 15.7. The molecule has 4 nitrogen and oxygen atoms in total. The second kappa shape index (κ2) is 11.2. The van der Waals surface area contributed by atoms with E-state index >= 15 is 0 Å². The van der Waals surface area contributed by atoms with E-state index in [0.717, 1.165) is 55.0 Å². The number of rotatable bonds is 5. The van der Waals surface area contributed by atoms with E-state index in [4.69, 9.17) is 19.4 Å². The third-order valence-corrected chi connectivity index (χ3v) is 8.71. The van der Waals surface area contributed by atoms with Crippen LogP contribution in [0.3, 0.4) is 0 Å². The molecule has 0 saturated heterocycles. The van der Waals surface area contributed by atoms with Crippen LogP contribution in [0.15, 0.2) is 168 Å². The van der Waals surface area contributed by atoms with Crippen LogP contribution in [0.5, 0.6) is 0 Å². The standard InChI is InChI=1S/C43H27N3O/c1-3-11-28(12-4-1)31-15-9-16-32(25-31)33-23-21-29-22-24-34(27-35(29)26-33)42-44-41(30-13-5-2-6-14-30)45-43(46-42)37-18-10-20-39-40(37)36-17-7-8-19-38(36)47-39/h1-27H. The van der Waals surface area contributed by atoms with E-state index in [1.165, 1.54) is 16.7 Å². The topological polar surface area (TPSA) is 51.8 Å². The van der Waals surface area contributed by atoms with Gasteiger partial charge in [0, 0.05) is 27.5 Å². The van der Waals surface area contributed by atoms with Crippen molar-refractivity contribution in [1.82, 2.24) is 15.0 Å². The van der Waals surface area contributed by atoms with Crippen molar-refractivity contribution in [3.8, 4) is 56.4 Å². The monoisotopic (exact) mass is 601 g/mol. The van der Waals surface area contributed by atoms with E-state index in [2.05, 4.69) is 97.1 Å². The Morgan fingerprint density at radius 2 is 0.894 bits per heavy atom. The Bertz CT molecular complexity index is 2570. The third-order valence-electron chi connectivity index (χ3n) is 8.71. The summed E-state index contributed by atoms with van der Waals surface area (Å²) in [6, 6.07) is 56.5. The zero-order valence-electron chi connectivity index (χ0n) is 25.3. The van der Waals surface area contributed by atoms with Crippen LogP contribution in [0.1, 0.15) is 0 Å². The number of fused-ring (bicyclic) bond motifs is 4. The Morgan fingerprint density at radius 3 is 1.70 bits per heavy atom. The molecule has 4 heteroatoms. The molecule has 0 amide bonds. The maximum atomic E-state index is 6.20. The van der Waals surface area contributed by atoms with Gasteiger partial charge in [-0.05, 0) is 63.4 Å². The molecule has 220 valence electrons. The number of benzene rings is 7. The molecule has 0 aliphatic heterocycles.